The summed E-state index contributed by atoms with van der Waals surface area (Å²) < 4.78 is 18.9. The lowest BCUT2D eigenvalue weighted by molar-refractivity contribution is -0.183. The quantitative estimate of drug-likeness (QED) is 0.735. The van der Waals surface area contributed by atoms with Crippen LogP contribution in [-0.2, 0) is 9.47 Å². The second-order valence-electron chi connectivity index (χ2n) is 8.49. The third-order valence-corrected chi connectivity index (χ3v) is 5.77. The van der Waals surface area contributed by atoms with Gasteiger partial charge < -0.3 is 14.2 Å². The van der Waals surface area contributed by atoms with Crippen molar-refractivity contribution in [3.05, 3.63) is 35.7 Å². The summed E-state index contributed by atoms with van der Waals surface area (Å²) in [5.41, 5.74) is 1.54. The Balaban J connectivity index is 1.49. The summed E-state index contributed by atoms with van der Waals surface area (Å²) in [6.07, 6.45) is 1.07. The summed E-state index contributed by atoms with van der Waals surface area (Å²) >= 11 is 0. The highest BCUT2D eigenvalue weighted by Gasteiger charge is 2.61. The van der Waals surface area contributed by atoms with Crippen LogP contribution in [0, 0.1) is 18.3 Å². The fraction of sp³-hybridized carbons (Fsp3) is 0.571. The van der Waals surface area contributed by atoms with Gasteiger partial charge in [0.1, 0.15) is 11.9 Å². The summed E-state index contributed by atoms with van der Waals surface area (Å²) in [5.74, 6) is 0.645. The molecule has 0 N–H and O–H groups in total. The minimum atomic E-state index is -0.424. The Morgan fingerprint density at radius 1 is 1.29 bits per heavy atom. The molecule has 0 spiro atoms. The van der Waals surface area contributed by atoms with E-state index >= 15 is 0 Å². The smallest absolute Gasteiger partial charge is 0.361 e. The van der Waals surface area contributed by atoms with E-state index in [9.17, 15) is 4.79 Å². The SMILES string of the molecule is Cc1c(C(=O)O[C@@H]2[C@@H]3CCO[C@@H]3C2(C)C)nnn1-c1ccc(OC(C)C)cc1. The number of ether oxygens (including phenoxy) is 3. The number of fused-ring (bicyclic) bond motifs is 1. The number of hydrogen-bond acceptors (Lipinski definition) is 6. The number of benzene rings is 1. The van der Waals surface area contributed by atoms with Crippen molar-refractivity contribution < 1.29 is 19.0 Å². The Morgan fingerprint density at radius 3 is 2.68 bits per heavy atom. The Morgan fingerprint density at radius 2 is 2.00 bits per heavy atom. The maximum absolute atomic E-state index is 12.8. The summed E-state index contributed by atoms with van der Waals surface area (Å²) in [7, 11) is 0. The average Bonchev–Trinajstić information content (AvgIpc) is 3.25. The van der Waals surface area contributed by atoms with Crippen molar-refractivity contribution in [3.8, 4) is 11.4 Å². The first-order valence-corrected chi connectivity index (χ1v) is 9.81. The van der Waals surface area contributed by atoms with Crippen molar-refractivity contribution in [1.29, 1.82) is 0 Å². The lowest BCUT2D eigenvalue weighted by Crippen LogP contribution is -2.61. The maximum Gasteiger partial charge on any atom is 0.361 e. The second-order valence-corrected chi connectivity index (χ2v) is 8.49. The molecule has 0 unspecified atom stereocenters. The third-order valence-electron chi connectivity index (χ3n) is 5.77. The first-order chi connectivity index (χ1) is 13.3. The molecule has 7 nitrogen and oxygen atoms in total. The standard InChI is InChI=1S/C21H27N3O4/c1-12(2)27-15-8-6-14(7-9-15)24-13(3)17(22-23-24)20(25)28-19-16-10-11-26-18(16)21(19,4)5/h6-9,12,16,18-19H,10-11H2,1-5H3/t16-,18+,19-/m1/s1. The fourth-order valence-corrected chi connectivity index (χ4v) is 4.39. The number of aromatic nitrogens is 3. The fourth-order valence-electron chi connectivity index (χ4n) is 4.39. The molecule has 3 atom stereocenters. The molecule has 1 aromatic carbocycles. The highest BCUT2D eigenvalue weighted by atomic mass is 16.6. The average molecular weight is 385 g/mol. The van der Waals surface area contributed by atoms with Crippen LogP contribution in [0.15, 0.2) is 24.3 Å². The Labute approximate surface area is 165 Å². The number of carbonyl (C=O) groups excluding carboxylic acids is 1. The molecule has 1 aliphatic carbocycles. The molecular weight excluding hydrogens is 358 g/mol. The van der Waals surface area contributed by atoms with E-state index in [0.29, 0.717) is 5.69 Å². The minimum absolute atomic E-state index is 0.112. The summed E-state index contributed by atoms with van der Waals surface area (Å²) in [5, 5.41) is 8.24. The molecule has 1 aliphatic heterocycles. The van der Waals surface area contributed by atoms with E-state index in [1.54, 1.807) is 4.68 Å². The molecule has 28 heavy (non-hydrogen) atoms. The molecule has 1 saturated carbocycles. The molecular formula is C21H27N3O4. The predicted molar refractivity (Wildman–Crippen MR) is 103 cm³/mol. The van der Waals surface area contributed by atoms with Gasteiger partial charge in [0, 0.05) is 17.9 Å². The third kappa shape index (κ3) is 3.07. The van der Waals surface area contributed by atoms with Gasteiger partial charge in [-0.3, -0.25) is 0 Å². The van der Waals surface area contributed by atoms with Gasteiger partial charge in [0.15, 0.2) is 5.69 Å². The zero-order valence-electron chi connectivity index (χ0n) is 17.0. The Kier molecular flexibility index (Phi) is 4.65. The highest BCUT2D eigenvalue weighted by Crippen LogP contribution is 2.53. The molecule has 150 valence electrons. The second kappa shape index (κ2) is 6.88. The van der Waals surface area contributed by atoms with E-state index in [1.807, 2.05) is 45.0 Å². The van der Waals surface area contributed by atoms with Crippen molar-refractivity contribution in [3.63, 3.8) is 0 Å². The van der Waals surface area contributed by atoms with E-state index < -0.39 is 5.97 Å². The van der Waals surface area contributed by atoms with Crippen LogP contribution in [0.5, 0.6) is 5.75 Å². The van der Waals surface area contributed by atoms with Gasteiger partial charge in [-0.25, -0.2) is 9.48 Å². The molecule has 2 aliphatic rings. The molecule has 0 bridgehead atoms. The van der Waals surface area contributed by atoms with E-state index in [1.165, 1.54) is 0 Å². The van der Waals surface area contributed by atoms with Crippen molar-refractivity contribution in [2.45, 2.75) is 59.4 Å². The molecule has 4 rings (SSSR count). The number of carbonyl (C=O) groups is 1. The molecule has 2 aromatic rings. The zero-order chi connectivity index (χ0) is 20.1. The number of nitrogens with zero attached hydrogens (tertiary/aromatic N) is 3. The van der Waals surface area contributed by atoms with E-state index in [-0.39, 0.29) is 35.3 Å². The topological polar surface area (TPSA) is 75.5 Å². The minimum Gasteiger partial charge on any atom is -0.491 e. The molecule has 7 heteroatoms. The van der Waals surface area contributed by atoms with Crippen molar-refractivity contribution in [1.82, 2.24) is 15.0 Å². The van der Waals surface area contributed by atoms with Gasteiger partial charge in [0.2, 0.25) is 0 Å². The van der Waals surface area contributed by atoms with Gasteiger partial charge >= 0.3 is 5.97 Å². The number of rotatable bonds is 5. The first-order valence-electron chi connectivity index (χ1n) is 9.81. The molecule has 2 heterocycles. The Bertz CT molecular complexity index is 872. The van der Waals surface area contributed by atoms with Crippen LogP contribution >= 0.6 is 0 Å². The van der Waals surface area contributed by atoms with Gasteiger partial charge in [-0.15, -0.1) is 5.10 Å². The van der Waals surface area contributed by atoms with Crippen LogP contribution < -0.4 is 4.74 Å². The van der Waals surface area contributed by atoms with Crippen LogP contribution in [0.25, 0.3) is 5.69 Å². The van der Waals surface area contributed by atoms with E-state index in [2.05, 4.69) is 24.2 Å². The van der Waals surface area contributed by atoms with Gasteiger partial charge in [-0.05, 0) is 51.5 Å². The molecule has 0 radical (unpaired) electrons. The molecule has 0 amide bonds. The maximum atomic E-state index is 12.8. The largest absolute Gasteiger partial charge is 0.491 e. The summed E-state index contributed by atoms with van der Waals surface area (Å²) in [4.78, 5) is 12.8. The number of hydrogen-bond donors (Lipinski definition) is 0. The lowest BCUT2D eigenvalue weighted by atomic mass is 9.59. The molecule has 1 saturated heterocycles. The van der Waals surface area contributed by atoms with Crippen molar-refractivity contribution >= 4 is 5.97 Å². The van der Waals surface area contributed by atoms with E-state index in [0.717, 1.165) is 24.5 Å². The van der Waals surface area contributed by atoms with Gasteiger partial charge in [0.05, 0.1) is 23.6 Å². The zero-order valence-corrected chi connectivity index (χ0v) is 17.0. The van der Waals surface area contributed by atoms with Crippen LogP contribution in [0.1, 0.15) is 50.3 Å². The first kappa shape index (κ1) is 18.9. The monoisotopic (exact) mass is 385 g/mol. The molecule has 2 fully saturated rings. The van der Waals surface area contributed by atoms with E-state index in [4.69, 9.17) is 14.2 Å². The summed E-state index contributed by atoms with van der Waals surface area (Å²) in [6.45, 7) is 10.7. The molecule has 1 aromatic heterocycles. The van der Waals surface area contributed by atoms with Crippen LogP contribution in [0.2, 0.25) is 0 Å². The van der Waals surface area contributed by atoms with Crippen LogP contribution in [0.4, 0.5) is 0 Å². The summed E-state index contributed by atoms with van der Waals surface area (Å²) in [6, 6.07) is 7.55. The van der Waals surface area contributed by atoms with Crippen LogP contribution in [0.3, 0.4) is 0 Å². The van der Waals surface area contributed by atoms with Gasteiger partial charge in [-0.2, -0.15) is 0 Å². The van der Waals surface area contributed by atoms with Gasteiger partial charge in [0.25, 0.3) is 0 Å². The lowest BCUT2D eigenvalue weighted by Gasteiger charge is -2.52. The van der Waals surface area contributed by atoms with Crippen LogP contribution in [-0.4, -0.2) is 45.9 Å². The highest BCUT2D eigenvalue weighted by molar-refractivity contribution is 5.88. The van der Waals surface area contributed by atoms with Gasteiger partial charge in [-0.1, -0.05) is 19.1 Å². The number of esters is 1. The predicted octanol–water partition coefficient (Wildman–Crippen LogP) is 3.33. The normalized spacial score (nSPS) is 25.3. The Hall–Kier alpha value is -2.41. The van der Waals surface area contributed by atoms with Crippen molar-refractivity contribution in [2.75, 3.05) is 6.61 Å². The van der Waals surface area contributed by atoms with Crippen molar-refractivity contribution in [2.24, 2.45) is 11.3 Å².